The Balaban J connectivity index is 1.54. The van der Waals surface area contributed by atoms with Gasteiger partial charge in [-0.05, 0) is 86.4 Å². The molecular weight excluding hydrogens is 452 g/mol. The molecule has 3 saturated carbocycles. The maximum atomic E-state index is 12.3. The number of hydrogen-bond donors (Lipinski definition) is 0. The number of hydrogen-bond acceptors (Lipinski definition) is 5. The van der Waals surface area contributed by atoms with E-state index < -0.39 is 0 Å². The molecule has 3 fully saturated rings. The third-order valence-electron chi connectivity index (χ3n) is 10.9. The zero-order valence-electron chi connectivity index (χ0n) is 23.4. The molecule has 0 unspecified atom stereocenters. The lowest BCUT2D eigenvalue weighted by atomic mass is 9.46. The zero-order valence-corrected chi connectivity index (χ0v) is 23.4. The van der Waals surface area contributed by atoms with Crippen molar-refractivity contribution < 1.29 is 23.9 Å². The smallest absolute Gasteiger partial charge is 0.302 e. The minimum absolute atomic E-state index is 0.0603. The number of rotatable bonds is 8. The van der Waals surface area contributed by atoms with Crippen molar-refractivity contribution in [3.8, 4) is 0 Å². The molecule has 8 atom stereocenters. The topological polar surface area (TPSA) is 69.7 Å². The summed E-state index contributed by atoms with van der Waals surface area (Å²) >= 11 is 0. The molecule has 0 N–H and O–H groups in total. The van der Waals surface area contributed by atoms with Crippen molar-refractivity contribution in [2.45, 2.75) is 112 Å². The predicted molar refractivity (Wildman–Crippen MR) is 140 cm³/mol. The van der Waals surface area contributed by atoms with Gasteiger partial charge in [0, 0.05) is 38.0 Å². The van der Waals surface area contributed by atoms with Crippen LogP contribution in [-0.4, -0.2) is 30.4 Å². The molecule has 4 rings (SSSR count). The highest BCUT2D eigenvalue weighted by atomic mass is 16.5. The van der Waals surface area contributed by atoms with Crippen LogP contribution in [0.25, 0.3) is 0 Å². The van der Waals surface area contributed by atoms with Crippen LogP contribution in [-0.2, 0) is 23.9 Å². The Hall–Kier alpha value is -1.65. The van der Waals surface area contributed by atoms with Gasteiger partial charge in [0.05, 0.1) is 0 Å². The molecule has 202 valence electrons. The van der Waals surface area contributed by atoms with E-state index in [-0.39, 0.29) is 29.4 Å². The van der Waals surface area contributed by atoms with Crippen LogP contribution in [0, 0.1) is 46.3 Å². The van der Waals surface area contributed by atoms with Gasteiger partial charge in [-0.1, -0.05) is 39.3 Å². The normalized spacial score (nSPS) is 38.3. The molecule has 36 heavy (non-hydrogen) atoms. The monoisotopic (exact) mass is 500 g/mol. The van der Waals surface area contributed by atoms with Gasteiger partial charge >= 0.3 is 11.9 Å². The van der Waals surface area contributed by atoms with E-state index >= 15 is 0 Å². The highest BCUT2D eigenvalue weighted by molar-refractivity contribution is 5.80. The van der Waals surface area contributed by atoms with Gasteiger partial charge in [0.2, 0.25) is 0 Å². The average molecular weight is 501 g/mol. The van der Waals surface area contributed by atoms with Crippen LogP contribution in [0.1, 0.15) is 106 Å². The standard InChI is InChI=1S/C31H48O5/c1-19(2)29(34)12-7-20(3)26-10-11-27-25-9-8-23-17-24(36-22(5)33)13-16-31(23,18-35-21(4)32)28(25)14-15-30(26,27)6/h8,19-20,24-28H,7,9-18H2,1-6H3/t20-,24+,25+,26-,27+,28+,30-,31-/m1/s1. The fraction of sp³-hybridized carbons (Fsp3) is 0.839. The summed E-state index contributed by atoms with van der Waals surface area (Å²) < 4.78 is 11.4. The number of esters is 2. The van der Waals surface area contributed by atoms with Crippen LogP contribution in [0.5, 0.6) is 0 Å². The molecule has 0 aromatic carbocycles. The number of ketones is 1. The molecule has 0 spiro atoms. The zero-order chi connectivity index (χ0) is 26.3. The lowest BCUT2D eigenvalue weighted by Gasteiger charge is -2.59. The SMILES string of the molecule is CC(=O)OC[C@]12CC[C@H](OC(C)=O)CC1=CC[C@@H]1[C@@H]2CC[C@]2(C)[C@@H]([C@H](C)CCC(=O)C(C)C)CC[C@@H]12. The maximum Gasteiger partial charge on any atom is 0.302 e. The second-order valence-electron chi connectivity index (χ2n) is 13.1. The third-order valence-corrected chi connectivity index (χ3v) is 10.9. The fourth-order valence-electron chi connectivity index (χ4n) is 9.09. The molecule has 0 aliphatic heterocycles. The highest BCUT2D eigenvalue weighted by Gasteiger charge is 2.60. The second kappa shape index (κ2) is 10.6. The van der Waals surface area contributed by atoms with E-state index in [1.165, 1.54) is 45.1 Å². The molecule has 4 aliphatic carbocycles. The molecular formula is C31H48O5. The van der Waals surface area contributed by atoms with Gasteiger partial charge in [0.15, 0.2) is 0 Å². The molecule has 0 amide bonds. The van der Waals surface area contributed by atoms with Crippen molar-refractivity contribution in [2.75, 3.05) is 6.61 Å². The Morgan fingerprint density at radius 1 is 1.00 bits per heavy atom. The largest absolute Gasteiger partial charge is 0.465 e. The number of carbonyl (C=O) groups excluding carboxylic acids is 3. The number of allylic oxidation sites excluding steroid dienone is 1. The minimum atomic E-state index is -0.212. The molecule has 5 heteroatoms. The van der Waals surface area contributed by atoms with E-state index in [9.17, 15) is 14.4 Å². The lowest BCUT2D eigenvalue weighted by Crippen LogP contribution is -2.53. The average Bonchev–Trinajstić information content (AvgIpc) is 3.17. The van der Waals surface area contributed by atoms with Crippen LogP contribution in [0.4, 0.5) is 0 Å². The molecule has 5 nitrogen and oxygen atoms in total. The first kappa shape index (κ1) is 27.4. The summed E-state index contributed by atoms with van der Waals surface area (Å²) in [7, 11) is 0. The molecule has 4 aliphatic rings. The number of Topliss-reactive ketones (excluding diaryl/α,β-unsaturated/α-hetero) is 1. The minimum Gasteiger partial charge on any atom is -0.465 e. The van der Waals surface area contributed by atoms with E-state index in [4.69, 9.17) is 9.47 Å². The Morgan fingerprint density at radius 2 is 1.75 bits per heavy atom. The van der Waals surface area contributed by atoms with Crippen molar-refractivity contribution in [3.05, 3.63) is 11.6 Å². The van der Waals surface area contributed by atoms with Gasteiger partial charge in [0.25, 0.3) is 0 Å². The van der Waals surface area contributed by atoms with Gasteiger partial charge in [-0.15, -0.1) is 0 Å². The lowest BCUT2D eigenvalue weighted by molar-refractivity contribution is -0.154. The van der Waals surface area contributed by atoms with Crippen LogP contribution < -0.4 is 0 Å². The Bertz CT molecular complexity index is 889. The molecule has 0 heterocycles. The van der Waals surface area contributed by atoms with Gasteiger partial charge in [-0.2, -0.15) is 0 Å². The summed E-state index contributed by atoms with van der Waals surface area (Å²) in [6.07, 6.45) is 12.6. The first-order valence-electron chi connectivity index (χ1n) is 14.5. The predicted octanol–water partition coefficient (Wildman–Crippen LogP) is 6.68. The highest BCUT2D eigenvalue weighted by Crippen LogP contribution is 2.67. The van der Waals surface area contributed by atoms with Gasteiger partial charge in [0.1, 0.15) is 18.5 Å². The van der Waals surface area contributed by atoms with E-state index in [2.05, 4.69) is 19.9 Å². The number of ether oxygens (including phenoxy) is 2. The quantitative estimate of drug-likeness (QED) is 0.275. The molecule has 0 aromatic heterocycles. The third kappa shape index (κ3) is 5.05. The Morgan fingerprint density at radius 3 is 2.42 bits per heavy atom. The summed E-state index contributed by atoms with van der Waals surface area (Å²) in [6, 6.07) is 0. The molecule has 0 bridgehead atoms. The first-order valence-corrected chi connectivity index (χ1v) is 14.5. The Labute approximate surface area is 218 Å². The summed E-state index contributed by atoms with van der Waals surface area (Å²) in [5.41, 5.74) is 1.57. The summed E-state index contributed by atoms with van der Waals surface area (Å²) in [5.74, 6) is 3.17. The summed E-state index contributed by atoms with van der Waals surface area (Å²) in [4.78, 5) is 35.8. The summed E-state index contributed by atoms with van der Waals surface area (Å²) in [5, 5.41) is 0. The van der Waals surface area contributed by atoms with Crippen molar-refractivity contribution in [1.29, 1.82) is 0 Å². The Kier molecular flexibility index (Phi) is 8.07. The van der Waals surface area contributed by atoms with Gasteiger partial charge < -0.3 is 9.47 Å². The fourth-order valence-corrected chi connectivity index (χ4v) is 9.09. The van der Waals surface area contributed by atoms with Crippen LogP contribution in [0.3, 0.4) is 0 Å². The molecule has 0 radical (unpaired) electrons. The van der Waals surface area contributed by atoms with Crippen LogP contribution in [0.2, 0.25) is 0 Å². The van der Waals surface area contributed by atoms with Crippen LogP contribution >= 0.6 is 0 Å². The second-order valence-corrected chi connectivity index (χ2v) is 13.1. The molecule has 0 aromatic rings. The van der Waals surface area contributed by atoms with E-state index in [0.29, 0.717) is 53.8 Å². The van der Waals surface area contributed by atoms with Gasteiger partial charge in [-0.25, -0.2) is 0 Å². The van der Waals surface area contributed by atoms with E-state index in [1.54, 1.807) is 0 Å². The van der Waals surface area contributed by atoms with Crippen molar-refractivity contribution in [2.24, 2.45) is 46.3 Å². The number of carbonyl (C=O) groups is 3. The number of fused-ring (bicyclic) bond motifs is 5. The van der Waals surface area contributed by atoms with Crippen molar-refractivity contribution in [1.82, 2.24) is 0 Å². The van der Waals surface area contributed by atoms with Crippen LogP contribution in [0.15, 0.2) is 11.6 Å². The summed E-state index contributed by atoms with van der Waals surface area (Å²) in [6.45, 7) is 12.4. The first-order chi connectivity index (χ1) is 17.0. The van der Waals surface area contributed by atoms with E-state index in [0.717, 1.165) is 32.1 Å². The molecule has 0 saturated heterocycles. The van der Waals surface area contributed by atoms with E-state index in [1.807, 2.05) is 13.8 Å². The maximum absolute atomic E-state index is 12.3. The van der Waals surface area contributed by atoms with Gasteiger partial charge in [-0.3, -0.25) is 14.4 Å². The van der Waals surface area contributed by atoms with Crippen molar-refractivity contribution >= 4 is 17.7 Å². The van der Waals surface area contributed by atoms with Crippen molar-refractivity contribution in [3.63, 3.8) is 0 Å².